The molecule has 0 spiro atoms. The normalized spacial score (nSPS) is 18.0. The van der Waals surface area contributed by atoms with Gasteiger partial charge in [0.15, 0.2) is 0 Å². The van der Waals surface area contributed by atoms with Gasteiger partial charge in [0.1, 0.15) is 0 Å². The van der Waals surface area contributed by atoms with Crippen molar-refractivity contribution in [2.75, 3.05) is 18.4 Å². The standard InChI is InChI=1S/C18H30N4O3/c1-12(2)7-9-22-16(13(3)4)15(10-19-22)20-18(25)21-8-5-6-14(11-21)17(23)24/h10,12-14H,5-9,11H2,1-4H3,(H,20,25)(H,23,24). The largest absolute Gasteiger partial charge is 0.481 e. The zero-order valence-corrected chi connectivity index (χ0v) is 15.7. The Labute approximate surface area is 149 Å². The number of carbonyl (C=O) groups is 2. The molecule has 0 aromatic carbocycles. The number of likely N-dealkylation sites (tertiary alicyclic amines) is 1. The van der Waals surface area contributed by atoms with E-state index in [0.29, 0.717) is 18.9 Å². The number of aliphatic carboxylic acids is 1. The van der Waals surface area contributed by atoms with E-state index in [0.717, 1.165) is 30.8 Å². The predicted octanol–water partition coefficient (Wildman–Crippen LogP) is 3.38. The third-order valence-corrected chi connectivity index (χ3v) is 4.64. The Morgan fingerprint density at radius 1 is 1.36 bits per heavy atom. The number of rotatable bonds is 6. The smallest absolute Gasteiger partial charge is 0.321 e. The van der Waals surface area contributed by atoms with Crippen molar-refractivity contribution in [2.45, 2.75) is 59.4 Å². The minimum Gasteiger partial charge on any atom is -0.481 e. The maximum absolute atomic E-state index is 12.6. The highest BCUT2D eigenvalue weighted by molar-refractivity contribution is 5.90. The number of nitrogens with zero attached hydrogens (tertiary/aromatic N) is 3. The molecule has 0 aliphatic carbocycles. The van der Waals surface area contributed by atoms with Crippen LogP contribution < -0.4 is 5.32 Å². The van der Waals surface area contributed by atoms with Gasteiger partial charge in [-0.1, -0.05) is 27.7 Å². The number of aromatic nitrogens is 2. The van der Waals surface area contributed by atoms with Crippen molar-refractivity contribution < 1.29 is 14.7 Å². The summed E-state index contributed by atoms with van der Waals surface area (Å²) in [4.78, 5) is 25.3. The number of amides is 2. The second-order valence-corrected chi connectivity index (χ2v) is 7.56. The van der Waals surface area contributed by atoms with E-state index in [1.165, 1.54) is 0 Å². The number of anilines is 1. The molecular weight excluding hydrogens is 320 g/mol. The van der Waals surface area contributed by atoms with Crippen LogP contribution in [-0.4, -0.2) is 44.9 Å². The summed E-state index contributed by atoms with van der Waals surface area (Å²) in [6, 6.07) is -0.240. The Morgan fingerprint density at radius 3 is 2.68 bits per heavy atom. The van der Waals surface area contributed by atoms with Crippen molar-refractivity contribution in [3.63, 3.8) is 0 Å². The molecule has 0 bridgehead atoms. The molecule has 0 saturated carbocycles. The van der Waals surface area contributed by atoms with Gasteiger partial charge in [0, 0.05) is 19.6 Å². The van der Waals surface area contributed by atoms with Crippen LogP contribution in [0.25, 0.3) is 0 Å². The van der Waals surface area contributed by atoms with Crippen molar-refractivity contribution in [1.82, 2.24) is 14.7 Å². The lowest BCUT2D eigenvalue weighted by Gasteiger charge is -2.30. The molecule has 140 valence electrons. The zero-order chi connectivity index (χ0) is 18.6. The van der Waals surface area contributed by atoms with Gasteiger partial charge in [0.2, 0.25) is 0 Å². The zero-order valence-electron chi connectivity index (χ0n) is 15.7. The lowest BCUT2D eigenvalue weighted by Crippen LogP contribution is -2.44. The molecule has 2 heterocycles. The molecule has 1 unspecified atom stereocenters. The maximum Gasteiger partial charge on any atom is 0.321 e. The Morgan fingerprint density at radius 2 is 2.08 bits per heavy atom. The lowest BCUT2D eigenvalue weighted by atomic mass is 9.99. The molecule has 1 aromatic rings. The third-order valence-electron chi connectivity index (χ3n) is 4.64. The summed E-state index contributed by atoms with van der Waals surface area (Å²) in [6.45, 7) is 10.2. The molecule has 2 rings (SSSR count). The number of aryl methyl sites for hydroxylation is 1. The predicted molar refractivity (Wildman–Crippen MR) is 96.7 cm³/mol. The summed E-state index contributed by atoms with van der Waals surface area (Å²) >= 11 is 0. The van der Waals surface area contributed by atoms with Crippen LogP contribution in [0.1, 0.15) is 58.6 Å². The first-order chi connectivity index (χ1) is 11.8. The molecule has 1 atom stereocenters. The molecule has 25 heavy (non-hydrogen) atoms. The van der Waals surface area contributed by atoms with Crippen LogP contribution in [0.2, 0.25) is 0 Å². The first-order valence-electron chi connectivity index (χ1n) is 9.14. The second kappa shape index (κ2) is 8.36. The number of piperidine rings is 1. The maximum atomic E-state index is 12.6. The van der Waals surface area contributed by atoms with E-state index in [1.807, 2.05) is 4.68 Å². The summed E-state index contributed by atoms with van der Waals surface area (Å²) < 4.78 is 1.97. The fourth-order valence-electron chi connectivity index (χ4n) is 3.22. The Balaban J connectivity index is 2.08. The Bertz CT molecular complexity index is 609. The number of hydrogen-bond donors (Lipinski definition) is 2. The first-order valence-corrected chi connectivity index (χ1v) is 9.14. The molecule has 2 N–H and O–H groups in total. The molecule has 0 radical (unpaired) electrons. The summed E-state index contributed by atoms with van der Waals surface area (Å²) in [6.07, 6.45) is 4.08. The van der Waals surface area contributed by atoms with Crippen LogP contribution in [0.5, 0.6) is 0 Å². The van der Waals surface area contributed by atoms with Crippen LogP contribution in [0, 0.1) is 11.8 Å². The number of carbonyl (C=O) groups excluding carboxylic acids is 1. The van der Waals surface area contributed by atoms with Crippen molar-refractivity contribution in [3.8, 4) is 0 Å². The highest BCUT2D eigenvalue weighted by atomic mass is 16.4. The quantitative estimate of drug-likeness (QED) is 0.823. The summed E-state index contributed by atoms with van der Waals surface area (Å²) in [5.41, 5.74) is 1.74. The molecule has 1 aliphatic rings. The van der Waals surface area contributed by atoms with Gasteiger partial charge in [0.05, 0.1) is 23.5 Å². The molecular formula is C18H30N4O3. The van der Waals surface area contributed by atoms with Gasteiger partial charge in [-0.25, -0.2) is 4.79 Å². The number of urea groups is 1. The van der Waals surface area contributed by atoms with E-state index < -0.39 is 11.9 Å². The minimum atomic E-state index is -0.832. The van der Waals surface area contributed by atoms with Crippen molar-refractivity contribution >= 4 is 17.7 Å². The third kappa shape index (κ3) is 4.96. The van der Waals surface area contributed by atoms with Crippen LogP contribution in [0.4, 0.5) is 10.5 Å². The molecule has 1 fully saturated rings. The van der Waals surface area contributed by atoms with Crippen molar-refractivity contribution in [3.05, 3.63) is 11.9 Å². The number of carboxylic acid groups (broad SMARTS) is 1. The molecule has 1 saturated heterocycles. The van der Waals surface area contributed by atoms with Crippen molar-refractivity contribution in [1.29, 1.82) is 0 Å². The fourth-order valence-corrected chi connectivity index (χ4v) is 3.22. The fraction of sp³-hybridized carbons (Fsp3) is 0.722. The number of carboxylic acids is 1. The van der Waals surface area contributed by atoms with Gasteiger partial charge in [-0.15, -0.1) is 0 Å². The SMILES string of the molecule is CC(C)CCn1ncc(NC(=O)N2CCCC(C(=O)O)C2)c1C(C)C. The van der Waals surface area contributed by atoms with E-state index >= 15 is 0 Å². The van der Waals surface area contributed by atoms with E-state index in [4.69, 9.17) is 0 Å². The summed E-state index contributed by atoms with van der Waals surface area (Å²) in [7, 11) is 0. The molecule has 1 aromatic heterocycles. The Kier molecular flexibility index (Phi) is 6.45. The average Bonchev–Trinajstić information content (AvgIpc) is 2.95. The van der Waals surface area contributed by atoms with Gasteiger partial charge in [-0.2, -0.15) is 5.10 Å². The van der Waals surface area contributed by atoms with Crippen molar-refractivity contribution in [2.24, 2.45) is 11.8 Å². The van der Waals surface area contributed by atoms with Crippen LogP contribution in [0.15, 0.2) is 6.20 Å². The topological polar surface area (TPSA) is 87.5 Å². The first kappa shape index (κ1) is 19.3. The number of hydrogen-bond acceptors (Lipinski definition) is 3. The van der Waals surface area contributed by atoms with E-state index in [-0.39, 0.29) is 18.5 Å². The number of nitrogens with one attached hydrogen (secondary N) is 1. The second-order valence-electron chi connectivity index (χ2n) is 7.56. The summed E-state index contributed by atoms with van der Waals surface area (Å²) in [5.74, 6) is -0.485. The summed E-state index contributed by atoms with van der Waals surface area (Å²) in [5, 5.41) is 16.6. The average molecular weight is 350 g/mol. The lowest BCUT2D eigenvalue weighted by molar-refractivity contribution is -0.143. The highest BCUT2D eigenvalue weighted by Gasteiger charge is 2.29. The highest BCUT2D eigenvalue weighted by Crippen LogP contribution is 2.26. The van der Waals surface area contributed by atoms with Crippen LogP contribution in [-0.2, 0) is 11.3 Å². The van der Waals surface area contributed by atoms with E-state index in [2.05, 4.69) is 38.1 Å². The van der Waals surface area contributed by atoms with Gasteiger partial charge < -0.3 is 15.3 Å². The molecule has 2 amide bonds. The molecule has 1 aliphatic heterocycles. The molecule has 7 nitrogen and oxygen atoms in total. The van der Waals surface area contributed by atoms with Gasteiger partial charge in [-0.05, 0) is 31.1 Å². The van der Waals surface area contributed by atoms with Crippen LogP contribution >= 0.6 is 0 Å². The van der Waals surface area contributed by atoms with E-state index in [1.54, 1.807) is 11.1 Å². The Hall–Kier alpha value is -2.05. The minimum absolute atomic E-state index is 0.234. The van der Waals surface area contributed by atoms with Gasteiger partial charge in [-0.3, -0.25) is 9.48 Å². The molecule has 7 heteroatoms. The van der Waals surface area contributed by atoms with Crippen LogP contribution in [0.3, 0.4) is 0 Å². The van der Waals surface area contributed by atoms with Gasteiger partial charge >= 0.3 is 12.0 Å². The van der Waals surface area contributed by atoms with E-state index in [9.17, 15) is 14.7 Å². The van der Waals surface area contributed by atoms with Gasteiger partial charge in [0.25, 0.3) is 0 Å². The monoisotopic (exact) mass is 350 g/mol.